The van der Waals surface area contributed by atoms with Gasteiger partial charge in [0.15, 0.2) is 5.11 Å². The Morgan fingerprint density at radius 3 is 3.00 bits per heavy atom. The lowest BCUT2D eigenvalue weighted by Crippen LogP contribution is -2.44. The molecule has 1 heterocycles. The van der Waals surface area contributed by atoms with Gasteiger partial charge in [-0.15, -0.1) is 0 Å². The average molecular weight is 289 g/mol. The number of hydrogen-bond donors (Lipinski definition) is 2. The first-order chi connectivity index (χ1) is 8.56. The first-order valence-electron chi connectivity index (χ1n) is 5.75. The predicted octanol–water partition coefficient (Wildman–Crippen LogP) is 2.63. The molecule has 1 aliphatic heterocycles. The van der Waals surface area contributed by atoms with Crippen molar-refractivity contribution in [1.29, 1.82) is 0 Å². The molecule has 0 radical (unpaired) electrons. The van der Waals surface area contributed by atoms with E-state index < -0.39 is 5.82 Å². The van der Waals surface area contributed by atoms with Crippen LogP contribution < -0.4 is 5.32 Å². The van der Waals surface area contributed by atoms with Crippen molar-refractivity contribution in [2.75, 3.05) is 18.4 Å². The zero-order valence-corrected chi connectivity index (χ0v) is 11.3. The fourth-order valence-electron chi connectivity index (χ4n) is 1.92. The molecule has 2 rings (SSSR count). The molecule has 0 unspecified atom stereocenters. The van der Waals surface area contributed by atoms with Gasteiger partial charge in [-0.05, 0) is 43.3 Å². The summed E-state index contributed by atoms with van der Waals surface area (Å²) in [5, 5.41) is 13.2. The van der Waals surface area contributed by atoms with Gasteiger partial charge >= 0.3 is 0 Å². The third-order valence-electron chi connectivity index (χ3n) is 2.85. The first-order valence-corrected chi connectivity index (χ1v) is 6.54. The van der Waals surface area contributed by atoms with Crippen LogP contribution in [0.1, 0.15) is 12.8 Å². The maximum atomic E-state index is 13.0. The van der Waals surface area contributed by atoms with Crippen molar-refractivity contribution in [2.24, 2.45) is 0 Å². The van der Waals surface area contributed by atoms with Crippen molar-refractivity contribution in [1.82, 2.24) is 4.90 Å². The largest absolute Gasteiger partial charge is 0.391 e. The Bertz CT molecular complexity index is 458. The van der Waals surface area contributed by atoms with Gasteiger partial charge in [0.1, 0.15) is 5.82 Å². The fraction of sp³-hybridized carbons (Fsp3) is 0.417. The quantitative estimate of drug-likeness (QED) is 0.779. The maximum absolute atomic E-state index is 13.0. The van der Waals surface area contributed by atoms with Crippen LogP contribution in [0.2, 0.25) is 5.02 Å². The van der Waals surface area contributed by atoms with Crippen LogP contribution in [0.15, 0.2) is 18.2 Å². The second-order valence-corrected chi connectivity index (χ2v) is 5.10. The first kappa shape index (κ1) is 13.5. The summed E-state index contributed by atoms with van der Waals surface area (Å²) in [5.74, 6) is -0.457. The van der Waals surface area contributed by atoms with E-state index in [2.05, 4.69) is 5.32 Å². The lowest BCUT2D eigenvalue weighted by atomic mass is 10.1. The van der Waals surface area contributed by atoms with Gasteiger partial charge in [0.25, 0.3) is 0 Å². The van der Waals surface area contributed by atoms with E-state index >= 15 is 0 Å². The number of piperidine rings is 1. The van der Waals surface area contributed by atoms with E-state index in [9.17, 15) is 9.50 Å². The standard InChI is InChI=1S/C12H14ClFN2OS/c13-10-6-8(3-4-11(10)14)15-12(18)16-5-1-2-9(17)7-16/h3-4,6,9,17H,1-2,5,7H2,(H,15,18)/t9-/m1/s1. The Morgan fingerprint density at radius 1 is 1.56 bits per heavy atom. The molecule has 0 amide bonds. The molecule has 3 nitrogen and oxygen atoms in total. The minimum absolute atomic E-state index is 0.0569. The molecular weight excluding hydrogens is 275 g/mol. The number of nitrogens with zero attached hydrogens (tertiary/aromatic N) is 1. The molecule has 0 aliphatic carbocycles. The van der Waals surface area contributed by atoms with Gasteiger partial charge < -0.3 is 15.3 Å². The number of aliphatic hydroxyl groups excluding tert-OH is 1. The summed E-state index contributed by atoms with van der Waals surface area (Å²) in [5.41, 5.74) is 0.645. The topological polar surface area (TPSA) is 35.5 Å². The van der Waals surface area contributed by atoms with Crippen molar-refractivity contribution >= 4 is 34.6 Å². The molecule has 0 aromatic heterocycles. The van der Waals surface area contributed by atoms with Crippen molar-refractivity contribution in [2.45, 2.75) is 18.9 Å². The molecular formula is C12H14ClFN2OS. The molecule has 1 aromatic carbocycles. The van der Waals surface area contributed by atoms with E-state index in [-0.39, 0.29) is 11.1 Å². The fourth-order valence-corrected chi connectivity index (χ4v) is 2.38. The van der Waals surface area contributed by atoms with Crippen LogP contribution in [0.5, 0.6) is 0 Å². The number of hydrogen-bond acceptors (Lipinski definition) is 2. The van der Waals surface area contributed by atoms with E-state index in [1.165, 1.54) is 12.1 Å². The number of thiocarbonyl (C=S) groups is 1. The Morgan fingerprint density at radius 2 is 2.33 bits per heavy atom. The maximum Gasteiger partial charge on any atom is 0.173 e. The molecule has 2 N–H and O–H groups in total. The van der Waals surface area contributed by atoms with Gasteiger partial charge in [0.2, 0.25) is 0 Å². The lowest BCUT2D eigenvalue weighted by Gasteiger charge is -2.32. The van der Waals surface area contributed by atoms with Gasteiger partial charge in [-0.25, -0.2) is 4.39 Å². The van der Waals surface area contributed by atoms with E-state index in [0.717, 1.165) is 19.4 Å². The molecule has 1 saturated heterocycles. The molecule has 6 heteroatoms. The number of likely N-dealkylation sites (tertiary alicyclic amines) is 1. The zero-order valence-electron chi connectivity index (χ0n) is 9.70. The Labute approximate surface area is 116 Å². The minimum atomic E-state index is -0.457. The van der Waals surface area contributed by atoms with E-state index in [4.69, 9.17) is 23.8 Å². The van der Waals surface area contributed by atoms with Gasteiger partial charge in [-0.1, -0.05) is 11.6 Å². The summed E-state index contributed by atoms with van der Waals surface area (Å²) >= 11 is 10.9. The monoisotopic (exact) mass is 288 g/mol. The normalized spacial score (nSPS) is 19.7. The molecule has 0 bridgehead atoms. The Hall–Kier alpha value is -0.910. The number of aliphatic hydroxyl groups is 1. The highest BCUT2D eigenvalue weighted by atomic mass is 35.5. The molecule has 1 atom stereocenters. The second-order valence-electron chi connectivity index (χ2n) is 4.30. The number of halogens is 2. The summed E-state index contributed by atoms with van der Waals surface area (Å²) in [6.07, 6.45) is 1.38. The van der Waals surface area contributed by atoms with E-state index in [1.807, 2.05) is 4.90 Å². The van der Waals surface area contributed by atoms with Crippen LogP contribution in [-0.2, 0) is 0 Å². The predicted molar refractivity (Wildman–Crippen MR) is 74.4 cm³/mol. The third kappa shape index (κ3) is 3.31. The van der Waals surface area contributed by atoms with Crippen LogP contribution >= 0.6 is 23.8 Å². The van der Waals surface area contributed by atoms with Gasteiger partial charge in [0, 0.05) is 18.8 Å². The van der Waals surface area contributed by atoms with Crippen molar-refractivity contribution in [3.05, 3.63) is 29.0 Å². The number of nitrogens with one attached hydrogen (secondary N) is 1. The molecule has 1 aliphatic rings. The average Bonchev–Trinajstić information content (AvgIpc) is 2.34. The summed E-state index contributed by atoms with van der Waals surface area (Å²) < 4.78 is 13.0. The van der Waals surface area contributed by atoms with Crippen LogP contribution in [0.25, 0.3) is 0 Å². The van der Waals surface area contributed by atoms with Crippen molar-refractivity contribution < 1.29 is 9.50 Å². The molecule has 98 valence electrons. The van der Waals surface area contributed by atoms with Gasteiger partial charge in [0.05, 0.1) is 11.1 Å². The highest BCUT2D eigenvalue weighted by molar-refractivity contribution is 7.80. The molecule has 18 heavy (non-hydrogen) atoms. The van der Waals surface area contributed by atoms with Crippen molar-refractivity contribution in [3.63, 3.8) is 0 Å². The SMILES string of the molecule is O[C@@H]1CCCN(C(=S)Nc2ccc(F)c(Cl)c2)C1. The smallest absolute Gasteiger partial charge is 0.173 e. The Balaban J connectivity index is 2.00. The highest BCUT2D eigenvalue weighted by Crippen LogP contribution is 2.20. The number of benzene rings is 1. The van der Waals surface area contributed by atoms with Gasteiger partial charge in [-0.3, -0.25) is 0 Å². The van der Waals surface area contributed by atoms with Crippen molar-refractivity contribution in [3.8, 4) is 0 Å². The highest BCUT2D eigenvalue weighted by Gasteiger charge is 2.19. The lowest BCUT2D eigenvalue weighted by molar-refractivity contribution is 0.104. The summed E-state index contributed by atoms with van der Waals surface area (Å²) in [6.45, 7) is 1.35. The molecule has 1 aromatic rings. The molecule has 1 fully saturated rings. The Kier molecular flexibility index (Phi) is 4.37. The number of anilines is 1. The third-order valence-corrected chi connectivity index (χ3v) is 3.50. The van der Waals surface area contributed by atoms with Gasteiger partial charge in [-0.2, -0.15) is 0 Å². The molecule has 0 saturated carbocycles. The number of rotatable bonds is 1. The molecule has 0 spiro atoms. The van der Waals surface area contributed by atoms with Crippen LogP contribution in [0.4, 0.5) is 10.1 Å². The summed E-state index contributed by atoms with van der Waals surface area (Å²) in [6, 6.07) is 4.36. The van der Waals surface area contributed by atoms with E-state index in [0.29, 0.717) is 17.3 Å². The van der Waals surface area contributed by atoms with E-state index in [1.54, 1.807) is 6.07 Å². The zero-order chi connectivity index (χ0) is 13.1. The summed E-state index contributed by atoms with van der Waals surface area (Å²) in [4.78, 5) is 1.90. The second kappa shape index (κ2) is 5.82. The number of β-amino-alcohol motifs (C(OH)–C–C–N with tert-alkyl or cyclic N) is 1. The summed E-state index contributed by atoms with van der Waals surface area (Å²) in [7, 11) is 0. The van der Waals surface area contributed by atoms with Crippen LogP contribution in [0.3, 0.4) is 0 Å². The van der Waals surface area contributed by atoms with Crippen LogP contribution in [0, 0.1) is 5.82 Å². The minimum Gasteiger partial charge on any atom is -0.391 e. The van der Waals surface area contributed by atoms with Crippen LogP contribution in [-0.4, -0.2) is 34.3 Å².